The van der Waals surface area contributed by atoms with Gasteiger partial charge in [0.2, 0.25) is 0 Å². The summed E-state index contributed by atoms with van der Waals surface area (Å²) in [6, 6.07) is 25.2. The molecule has 0 unspecified atom stereocenters. The highest BCUT2D eigenvalue weighted by molar-refractivity contribution is 6.36. The molecule has 0 fully saturated rings. The Morgan fingerprint density at radius 2 is 1.69 bits per heavy atom. The zero-order valence-corrected chi connectivity index (χ0v) is 20.8. The van der Waals surface area contributed by atoms with Gasteiger partial charge in [-0.3, -0.25) is 4.79 Å². The number of furan rings is 1. The summed E-state index contributed by atoms with van der Waals surface area (Å²) < 4.78 is 8.03. The van der Waals surface area contributed by atoms with Crippen LogP contribution >= 0.6 is 23.2 Å². The fourth-order valence-corrected chi connectivity index (χ4v) is 5.79. The predicted octanol–water partition coefficient (Wildman–Crippen LogP) is 7.80. The van der Waals surface area contributed by atoms with Crippen molar-refractivity contribution in [2.24, 2.45) is 7.05 Å². The molecule has 0 saturated carbocycles. The number of carbonyl (C=O) groups is 1. The number of hydrogen-bond acceptors (Lipinski definition) is 2. The first-order valence-electron chi connectivity index (χ1n) is 11.4. The minimum Gasteiger partial charge on any atom is -0.464 e. The molecule has 4 nitrogen and oxygen atoms in total. The van der Waals surface area contributed by atoms with Gasteiger partial charge in [-0.1, -0.05) is 59.6 Å². The summed E-state index contributed by atoms with van der Waals surface area (Å²) in [5.41, 5.74) is 5.62. The second-order valence-corrected chi connectivity index (χ2v) is 9.74. The van der Waals surface area contributed by atoms with Crippen molar-refractivity contribution in [3.63, 3.8) is 0 Å². The van der Waals surface area contributed by atoms with Gasteiger partial charge in [-0.05, 0) is 55.0 Å². The molecule has 2 aromatic heterocycles. The number of nitrogens with zero attached hydrogens (tertiary/aromatic N) is 2. The zero-order chi connectivity index (χ0) is 24.3. The molecule has 5 aromatic rings. The van der Waals surface area contributed by atoms with Crippen molar-refractivity contribution in [1.82, 2.24) is 9.47 Å². The summed E-state index contributed by atoms with van der Waals surface area (Å²) >= 11 is 13.0. The van der Waals surface area contributed by atoms with E-state index in [1.54, 1.807) is 6.07 Å². The lowest BCUT2D eigenvalue weighted by atomic mass is 9.93. The van der Waals surface area contributed by atoms with Crippen molar-refractivity contribution in [2.75, 3.05) is 0 Å². The highest BCUT2D eigenvalue weighted by Crippen LogP contribution is 2.48. The molecular weight excluding hydrogens is 479 g/mol. The number of aryl methyl sites for hydroxylation is 2. The Hall–Kier alpha value is -3.47. The number of benzene rings is 3. The fourth-order valence-electron chi connectivity index (χ4n) is 5.29. The maximum absolute atomic E-state index is 13.7. The summed E-state index contributed by atoms with van der Waals surface area (Å²) in [5.74, 6) is 1.56. The summed E-state index contributed by atoms with van der Waals surface area (Å²) in [7, 11) is 2.04. The smallest absolute Gasteiger partial charge is 0.255 e. The molecule has 0 saturated heterocycles. The molecule has 0 N–H and O–H groups in total. The largest absolute Gasteiger partial charge is 0.464 e. The van der Waals surface area contributed by atoms with E-state index in [-0.39, 0.29) is 11.9 Å². The zero-order valence-electron chi connectivity index (χ0n) is 19.3. The topological polar surface area (TPSA) is 38.4 Å². The number of aromatic nitrogens is 1. The van der Waals surface area contributed by atoms with Gasteiger partial charge in [-0.15, -0.1) is 0 Å². The number of amides is 1. The van der Waals surface area contributed by atoms with Crippen LogP contribution in [0.25, 0.3) is 22.2 Å². The molecular formula is C29H22Cl2N2O2. The monoisotopic (exact) mass is 500 g/mol. The van der Waals surface area contributed by atoms with Gasteiger partial charge < -0.3 is 13.9 Å². The maximum atomic E-state index is 13.7. The van der Waals surface area contributed by atoms with E-state index < -0.39 is 0 Å². The Bertz CT molecular complexity index is 1610. The van der Waals surface area contributed by atoms with Crippen molar-refractivity contribution in [2.45, 2.75) is 19.5 Å². The molecule has 174 valence electrons. The van der Waals surface area contributed by atoms with E-state index in [1.165, 1.54) is 0 Å². The van der Waals surface area contributed by atoms with Gasteiger partial charge in [0, 0.05) is 39.7 Å². The highest BCUT2D eigenvalue weighted by Gasteiger charge is 2.41. The number of hydrogen-bond donors (Lipinski definition) is 0. The number of carbonyl (C=O) groups excluding carboxylic acids is 1. The molecule has 3 aromatic carbocycles. The van der Waals surface area contributed by atoms with Gasteiger partial charge in [-0.2, -0.15) is 0 Å². The third-order valence-corrected chi connectivity index (χ3v) is 7.33. The van der Waals surface area contributed by atoms with Crippen molar-refractivity contribution in [3.05, 3.63) is 117 Å². The molecule has 0 bridgehead atoms. The van der Waals surface area contributed by atoms with Gasteiger partial charge in [-0.25, -0.2) is 0 Å². The van der Waals surface area contributed by atoms with E-state index >= 15 is 0 Å². The average Bonchev–Trinajstić information content (AvgIpc) is 3.48. The molecule has 1 atom stereocenters. The van der Waals surface area contributed by atoms with Crippen molar-refractivity contribution >= 4 is 40.0 Å². The lowest BCUT2D eigenvalue weighted by Gasteiger charge is -2.26. The minimum absolute atomic E-state index is 0.0132. The summed E-state index contributed by atoms with van der Waals surface area (Å²) in [4.78, 5) is 15.6. The molecule has 3 heterocycles. The van der Waals surface area contributed by atoms with E-state index in [0.717, 1.165) is 44.8 Å². The molecule has 1 aliphatic rings. The van der Waals surface area contributed by atoms with Gasteiger partial charge in [0.05, 0.1) is 23.3 Å². The lowest BCUT2D eigenvalue weighted by Crippen LogP contribution is -2.28. The lowest BCUT2D eigenvalue weighted by molar-refractivity contribution is 0.0723. The molecule has 0 spiro atoms. The third-order valence-electron chi connectivity index (χ3n) is 6.79. The SMILES string of the molecule is Cc1ccc(CN2C(=O)c3ccccc3[C@H]2c2c(-c3ccc(Cl)cc3Cl)n(C)c3ccccc23)o1. The van der Waals surface area contributed by atoms with Crippen LogP contribution in [0.15, 0.2) is 83.3 Å². The van der Waals surface area contributed by atoms with Crippen molar-refractivity contribution in [3.8, 4) is 11.3 Å². The second-order valence-electron chi connectivity index (χ2n) is 8.90. The van der Waals surface area contributed by atoms with Crippen LogP contribution in [0.1, 0.15) is 39.0 Å². The number of rotatable bonds is 4. The predicted molar refractivity (Wildman–Crippen MR) is 140 cm³/mol. The normalized spacial score (nSPS) is 15.3. The molecule has 6 rings (SSSR count). The van der Waals surface area contributed by atoms with Crippen LogP contribution in [0.3, 0.4) is 0 Å². The number of halogens is 2. The second kappa shape index (κ2) is 8.33. The van der Waals surface area contributed by atoms with E-state index in [2.05, 4.69) is 16.7 Å². The van der Waals surface area contributed by atoms with Crippen molar-refractivity contribution < 1.29 is 9.21 Å². The first-order chi connectivity index (χ1) is 16.9. The van der Waals surface area contributed by atoms with Crippen LogP contribution in [0, 0.1) is 6.92 Å². The Balaban J connectivity index is 1.65. The first kappa shape index (κ1) is 22.0. The Morgan fingerprint density at radius 1 is 0.914 bits per heavy atom. The third kappa shape index (κ3) is 3.48. The van der Waals surface area contributed by atoms with Gasteiger partial charge >= 0.3 is 0 Å². The minimum atomic E-state index is -0.308. The van der Waals surface area contributed by atoms with E-state index in [9.17, 15) is 4.79 Å². The molecule has 35 heavy (non-hydrogen) atoms. The van der Waals surface area contributed by atoms with Gasteiger partial charge in [0.15, 0.2) is 0 Å². The van der Waals surface area contributed by atoms with Crippen LogP contribution in [0.2, 0.25) is 10.0 Å². The summed E-state index contributed by atoms with van der Waals surface area (Å²) in [6.45, 7) is 2.27. The Labute approximate surface area is 213 Å². The van der Waals surface area contributed by atoms with Crippen LogP contribution < -0.4 is 0 Å². The van der Waals surface area contributed by atoms with Gasteiger partial charge in [0.25, 0.3) is 5.91 Å². The molecule has 0 aliphatic carbocycles. The molecule has 6 heteroatoms. The van der Waals surface area contributed by atoms with Crippen LogP contribution in [0.4, 0.5) is 0 Å². The quantitative estimate of drug-likeness (QED) is 0.252. The van der Waals surface area contributed by atoms with E-state index in [0.29, 0.717) is 22.2 Å². The average molecular weight is 501 g/mol. The van der Waals surface area contributed by atoms with E-state index in [4.69, 9.17) is 27.6 Å². The maximum Gasteiger partial charge on any atom is 0.255 e. The summed E-state index contributed by atoms with van der Waals surface area (Å²) in [5, 5.41) is 2.22. The van der Waals surface area contributed by atoms with Crippen LogP contribution in [-0.2, 0) is 13.6 Å². The van der Waals surface area contributed by atoms with Crippen LogP contribution in [-0.4, -0.2) is 15.4 Å². The standard InChI is InChI=1S/C29H22Cl2N2O2/c1-17-11-13-19(35-17)16-33-28(20-7-3-4-8-21(20)29(33)34)26-23-9-5-6-10-25(23)32(2)27(26)22-14-12-18(30)15-24(22)31/h3-15,28H,16H2,1-2H3/t28-/m0/s1. The number of para-hydroxylation sites is 1. The fraction of sp³-hybridized carbons (Fsp3) is 0.138. The molecule has 1 amide bonds. The first-order valence-corrected chi connectivity index (χ1v) is 12.2. The Morgan fingerprint density at radius 3 is 2.46 bits per heavy atom. The van der Waals surface area contributed by atoms with E-state index in [1.807, 2.05) is 79.5 Å². The Kier molecular flexibility index (Phi) is 5.24. The summed E-state index contributed by atoms with van der Waals surface area (Å²) in [6.07, 6.45) is 0. The van der Waals surface area contributed by atoms with Crippen LogP contribution in [0.5, 0.6) is 0 Å². The number of fused-ring (bicyclic) bond motifs is 2. The van der Waals surface area contributed by atoms with Gasteiger partial charge in [0.1, 0.15) is 11.5 Å². The highest BCUT2D eigenvalue weighted by atomic mass is 35.5. The molecule has 0 radical (unpaired) electrons. The van der Waals surface area contributed by atoms with Crippen molar-refractivity contribution in [1.29, 1.82) is 0 Å². The molecule has 1 aliphatic heterocycles.